The first-order valence-electron chi connectivity index (χ1n) is 5.52. The maximum Gasteiger partial charge on any atom is 0.412 e. The number of rotatable bonds is 4. The Labute approximate surface area is 108 Å². The normalized spacial score (nSPS) is 12.7. The number of ether oxygens (including phenoxy) is 2. The molecule has 1 aromatic rings. The van der Waals surface area contributed by atoms with Gasteiger partial charge in [-0.25, -0.2) is 4.79 Å². The van der Waals surface area contributed by atoms with Crippen LogP contribution in [0.1, 0.15) is 6.92 Å². The maximum atomic E-state index is 12.3. The number of benzene rings is 1. The first kappa shape index (κ1) is 15.1. The number of nitrogens with one attached hydrogen (secondary N) is 1. The molecule has 1 atom stereocenters. The lowest BCUT2D eigenvalue weighted by atomic mass is 10.2. The summed E-state index contributed by atoms with van der Waals surface area (Å²) in [7, 11) is 1.37. The number of carbonyl (C=O) groups excluding carboxylic acids is 1. The molecule has 0 aliphatic rings. The molecule has 1 rings (SSSR count). The van der Waals surface area contributed by atoms with Gasteiger partial charge in [0.2, 0.25) is 0 Å². The van der Waals surface area contributed by atoms with E-state index >= 15 is 0 Å². The topological polar surface area (TPSA) is 47.6 Å². The van der Waals surface area contributed by atoms with Crippen LogP contribution < -0.4 is 14.8 Å². The van der Waals surface area contributed by atoms with Crippen molar-refractivity contribution in [3.63, 3.8) is 0 Å². The number of halogens is 3. The second-order valence-electron chi connectivity index (χ2n) is 3.84. The second kappa shape index (κ2) is 6.31. The lowest BCUT2D eigenvalue weighted by Gasteiger charge is -2.17. The van der Waals surface area contributed by atoms with Crippen LogP contribution in [0.3, 0.4) is 0 Å². The van der Waals surface area contributed by atoms with Gasteiger partial charge in [-0.2, -0.15) is 13.2 Å². The van der Waals surface area contributed by atoms with Gasteiger partial charge in [0.25, 0.3) is 0 Å². The summed E-state index contributed by atoms with van der Waals surface area (Å²) in [4.78, 5) is 11.1. The first-order chi connectivity index (χ1) is 8.84. The predicted octanol–water partition coefficient (Wildman–Crippen LogP) is 2.98. The smallest absolute Gasteiger partial charge is 0.412 e. The molecular formula is C12H14F3NO3. The van der Waals surface area contributed by atoms with Crippen LogP contribution in [0.4, 0.5) is 18.0 Å². The lowest BCUT2D eigenvalue weighted by Crippen LogP contribution is -2.26. The van der Waals surface area contributed by atoms with Crippen LogP contribution in [0.15, 0.2) is 24.3 Å². The standard InChI is InChI=1S/C12H14F3NO3/c1-8(12(13,14)15)7-18-9-5-3-4-6-10(9)19-11(17)16-2/h3-6,8H,7H2,1-2H3,(H,16,17). The molecule has 0 heterocycles. The third kappa shape index (κ3) is 4.69. The van der Waals surface area contributed by atoms with Crippen LogP contribution in [0.2, 0.25) is 0 Å². The third-order valence-corrected chi connectivity index (χ3v) is 2.30. The molecule has 0 radical (unpaired) electrons. The number of hydrogen-bond donors (Lipinski definition) is 1. The fraction of sp³-hybridized carbons (Fsp3) is 0.417. The zero-order chi connectivity index (χ0) is 14.5. The SMILES string of the molecule is CNC(=O)Oc1ccccc1OCC(C)C(F)(F)F. The van der Waals surface area contributed by atoms with Gasteiger partial charge in [0, 0.05) is 7.05 Å². The molecule has 0 aliphatic heterocycles. The van der Waals surface area contributed by atoms with E-state index in [1.807, 2.05) is 0 Å². The molecule has 0 bridgehead atoms. The summed E-state index contributed by atoms with van der Waals surface area (Å²) in [5.74, 6) is -1.46. The van der Waals surface area contributed by atoms with Crippen molar-refractivity contribution in [2.75, 3.05) is 13.7 Å². The molecule has 1 aromatic carbocycles. The molecule has 0 saturated carbocycles. The molecule has 0 fully saturated rings. The first-order valence-corrected chi connectivity index (χ1v) is 5.52. The highest BCUT2D eigenvalue weighted by Crippen LogP contribution is 2.30. The highest BCUT2D eigenvalue weighted by Gasteiger charge is 2.36. The number of hydrogen-bond acceptors (Lipinski definition) is 3. The second-order valence-corrected chi connectivity index (χ2v) is 3.84. The summed E-state index contributed by atoms with van der Waals surface area (Å²) in [5, 5.41) is 2.23. The lowest BCUT2D eigenvalue weighted by molar-refractivity contribution is -0.176. The van der Waals surface area contributed by atoms with Gasteiger partial charge in [-0.3, -0.25) is 0 Å². The maximum absolute atomic E-state index is 12.3. The quantitative estimate of drug-likeness (QED) is 0.920. The Kier molecular flexibility index (Phi) is 5.02. The van der Waals surface area contributed by atoms with E-state index in [4.69, 9.17) is 9.47 Å². The molecule has 1 N–H and O–H groups in total. The van der Waals surface area contributed by atoms with Gasteiger partial charge in [-0.05, 0) is 12.1 Å². The van der Waals surface area contributed by atoms with Crippen molar-refractivity contribution in [2.45, 2.75) is 13.1 Å². The van der Waals surface area contributed by atoms with Crippen molar-refractivity contribution >= 4 is 6.09 Å². The van der Waals surface area contributed by atoms with Gasteiger partial charge in [-0.1, -0.05) is 19.1 Å². The number of amides is 1. The fourth-order valence-corrected chi connectivity index (χ4v) is 1.11. The van der Waals surface area contributed by atoms with E-state index < -0.39 is 24.8 Å². The average Bonchev–Trinajstić information content (AvgIpc) is 2.36. The molecule has 7 heteroatoms. The van der Waals surface area contributed by atoms with E-state index in [9.17, 15) is 18.0 Å². The summed E-state index contributed by atoms with van der Waals surface area (Å²) >= 11 is 0. The molecule has 1 amide bonds. The Hall–Kier alpha value is -1.92. The largest absolute Gasteiger partial charge is 0.489 e. The minimum Gasteiger partial charge on any atom is -0.489 e. The molecule has 19 heavy (non-hydrogen) atoms. The van der Waals surface area contributed by atoms with Gasteiger partial charge < -0.3 is 14.8 Å². The molecule has 0 aliphatic carbocycles. The zero-order valence-corrected chi connectivity index (χ0v) is 10.5. The highest BCUT2D eigenvalue weighted by atomic mass is 19.4. The average molecular weight is 277 g/mol. The third-order valence-electron chi connectivity index (χ3n) is 2.30. The van der Waals surface area contributed by atoms with E-state index in [0.717, 1.165) is 6.92 Å². The molecule has 4 nitrogen and oxygen atoms in total. The Bertz CT molecular complexity index is 434. The van der Waals surface area contributed by atoms with Gasteiger partial charge in [0.05, 0.1) is 12.5 Å². The van der Waals surface area contributed by atoms with Gasteiger partial charge in [-0.15, -0.1) is 0 Å². The molecular weight excluding hydrogens is 263 g/mol. The minimum atomic E-state index is -4.32. The molecule has 1 unspecified atom stereocenters. The summed E-state index contributed by atoms with van der Waals surface area (Å²) in [5.41, 5.74) is 0. The summed E-state index contributed by atoms with van der Waals surface area (Å²) in [6.07, 6.45) is -5.05. The number of alkyl halides is 3. The van der Waals surface area contributed by atoms with Gasteiger partial charge >= 0.3 is 12.3 Å². The Morgan fingerprint density at radius 3 is 2.42 bits per heavy atom. The number of para-hydroxylation sites is 2. The van der Waals surface area contributed by atoms with Crippen molar-refractivity contribution in [1.29, 1.82) is 0 Å². The van der Waals surface area contributed by atoms with E-state index in [0.29, 0.717) is 0 Å². The van der Waals surface area contributed by atoms with Crippen molar-refractivity contribution < 1.29 is 27.4 Å². The van der Waals surface area contributed by atoms with Crippen LogP contribution in [0.5, 0.6) is 11.5 Å². The summed E-state index contributed by atoms with van der Waals surface area (Å²) in [6, 6.07) is 6.02. The Morgan fingerprint density at radius 1 is 1.32 bits per heavy atom. The number of carbonyl (C=O) groups is 1. The van der Waals surface area contributed by atoms with Gasteiger partial charge in [0.1, 0.15) is 0 Å². The Balaban J connectivity index is 2.70. The van der Waals surface area contributed by atoms with E-state index in [1.165, 1.54) is 19.2 Å². The zero-order valence-electron chi connectivity index (χ0n) is 10.5. The van der Waals surface area contributed by atoms with Crippen LogP contribution in [-0.2, 0) is 0 Å². The van der Waals surface area contributed by atoms with E-state index in [-0.39, 0.29) is 11.5 Å². The molecule has 0 aromatic heterocycles. The van der Waals surface area contributed by atoms with E-state index in [1.54, 1.807) is 12.1 Å². The van der Waals surface area contributed by atoms with Gasteiger partial charge in [0.15, 0.2) is 11.5 Å². The van der Waals surface area contributed by atoms with Crippen molar-refractivity contribution in [3.05, 3.63) is 24.3 Å². The van der Waals surface area contributed by atoms with Crippen molar-refractivity contribution in [2.24, 2.45) is 5.92 Å². The van der Waals surface area contributed by atoms with Crippen LogP contribution >= 0.6 is 0 Å². The molecule has 0 spiro atoms. The van der Waals surface area contributed by atoms with Crippen molar-refractivity contribution in [1.82, 2.24) is 5.32 Å². The summed E-state index contributed by atoms with van der Waals surface area (Å²) < 4.78 is 46.9. The predicted molar refractivity (Wildman–Crippen MR) is 62.2 cm³/mol. The monoisotopic (exact) mass is 277 g/mol. The van der Waals surface area contributed by atoms with Crippen LogP contribution in [0, 0.1) is 5.92 Å². The Morgan fingerprint density at radius 2 is 1.89 bits per heavy atom. The van der Waals surface area contributed by atoms with E-state index in [2.05, 4.69) is 5.32 Å². The molecule has 0 saturated heterocycles. The van der Waals surface area contributed by atoms with Crippen molar-refractivity contribution in [3.8, 4) is 11.5 Å². The minimum absolute atomic E-state index is 0.0659. The van der Waals surface area contributed by atoms with Crippen LogP contribution in [0.25, 0.3) is 0 Å². The molecule has 106 valence electrons. The fourth-order valence-electron chi connectivity index (χ4n) is 1.11. The summed E-state index contributed by atoms with van der Waals surface area (Å²) in [6.45, 7) is 0.472. The highest BCUT2D eigenvalue weighted by molar-refractivity contribution is 5.70. The van der Waals surface area contributed by atoms with Crippen LogP contribution in [-0.4, -0.2) is 25.9 Å².